The fourth-order valence-corrected chi connectivity index (χ4v) is 2.88. The molecule has 3 aromatic rings. The number of carbonyl (C=O) groups is 1. The summed E-state index contributed by atoms with van der Waals surface area (Å²) in [6, 6.07) is 20.4. The van der Waals surface area contributed by atoms with Gasteiger partial charge in [-0.05, 0) is 36.6 Å². The first-order chi connectivity index (χ1) is 11.1. The lowest BCUT2D eigenvalue weighted by Gasteiger charge is -2.10. The molecule has 0 fully saturated rings. The molecule has 0 aliphatic heterocycles. The molecule has 0 unspecified atom stereocenters. The Labute approximate surface area is 135 Å². The number of aromatic carboxylic acids is 1. The SMILES string of the molecule is Cc1cc(C(=O)O)c(C)n1Cc1ccc(-c2ccccc2)cc1. The summed E-state index contributed by atoms with van der Waals surface area (Å²) >= 11 is 0. The molecule has 0 saturated heterocycles. The van der Waals surface area contributed by atoms with Crippen LogP contribution in [0.2, 0.25) is 0 Å². The second kappa shape index (κ2) is 6.13. The van der Waals surface area contributed by atoms with E-state index >= 15 is 0 Å². The summed E-state index contributed by atoms with van der Waals surface area (Å²) < 4.78 is 2.04. The summed E-state index contributed by atoms with van der Waals surface area (Å²) in [5, 5.41) is 9.22. The van der Waals surface area contributed by atoms with Crippen molar-refractivity contribution < 1.29 is 9.90 Å². The van der Waals surface area contributed by atoms with E-state index in [1.807, 2.05) is 36.6 Å². The molecule has 0 bridgehead atoms. The first-order valence-corrected chi connectivity index (χ1v) is 7.60. The summed E-state index contributed by atoms with van der Waals surface area (Å²) in [4.78, 5) is 11.2. The van der Waals surface area contributed by atoms with Gasteiger partial charge in [0.2, 0.25) is 0 Å². The molecule has 1 aromatic heterocycles. The van der Waals surface area contributed by atoms with E-state index in [9.17, 15) is 9.90 Å². The second-order valence-electron chi connectivity index (χ2n) is 5.74. The van der Waals surface area contributed by atoms with Gasteiger partial charge in [0, 0.05) is 17.9 Å². The van der Waals surface area contributed by atoms with Crippen LogP contribution >= 0.6 is 0 Å². The summed E-state index contributed by atoms with van der Waals surface area (Å²) in [5.74, 6) is -0.872. The minimum Gasteiger partial charge on any atom is -0.478 e. The van der Waals surface area contributed by atoms with Crippen LogP contribution in [-0.4, -0.2) is 15.6 Å². The highest BCUT2D eigenvalue weighted by Gasteiger charge is 2.14. The molecule has 1 heterocycles. The van der Waals surface area contributed by atoms with Gasteiger partial charge in [-0.1, -0.05) is 54.6 Å². The highest BCUT2D eigenvalue weighted by molar-refractivity contribution is 5.89. The van der Waals surface area contributed by atoms with Gasteiger partial charge >= 0.3 is 5.97 Å². The number of aromatic nitrogens is 1. The average Bonchev–Trinajstić information content (AvgIpc) is 2.85. The monoisotopic (exact) mass is 305 g/mol. The Balaban J connectivity index is 1.86. The third-order valence-corrected chi connectivity index (χ3v) is 4.21. The summed E-state index contributed by atoms with van der Waals surface area (Å²) in [5.41, 5.74) is 5.67. The standard InChI is InChI=1S/C20H19NO2/c1-14-12-19(20(22)23)15(2)21(14)13-16-8-10-18(11-9-16)17-6-4-3-5-7-17/h3-12H,13H2,1-2H3,(H,22,23). The summed E-state index contributed by atoms with van der Waals surface area (Å²) in [6.45, 7) is 4.48. The van der Waals surface area contributed by atoms with Crippen LogP contribution in [0.3, 0.4) is 0 Å². The first-order valence-electron chi connectivity index (χ1n) is 7.60. The molecule has 3 heteroatoms. The van der Waals surface area contributed by atoms with Gasteiger partial charge in [0.25, 0.3) is 0 Å². The van der Waals surface area contributed by atoms with Crippen LogP contribution in [0.25, 0.3) is 11.1 Å². The highest BCUT2D eigenvalue weighted by Crippen LogP contribution is 2.21. The zero-order valence-electron chi connectivity index (χ0n) is 13.3. The minimum absolute atomic E-state index is 0.378. The van der Waals surface area contributed by atoms with E-state index in [1.165, 1.54) is 11.1 Å². The maximum atomic E-state index is 11.2. The van der Waals surface area contributed by atoms with Crippen molar-refractivity contribution in [2.24, 2.45) is 0 Å². The van der Waals surface area contributed by atoms with Crippen LogP contribution in [0, 0.1) is 13.8 Å². The van der Waals surface area contributed by atoms with Crippen molar-refractivity contribution in [1.29, 1.82) is 0 Å². The lowest BCUT2D eigenvalue weighted by molar-refractivity contribution is 0.0696. The molecular weight excluding hydrogens is 286 g/mol. The Morgan fingerprint density at radius 1 is 0.957 bits per heavy atom. The third-order valence-electron chi connectivity index (χ3n) is 4.21. The molecule has 0 radical (unpaired) electrons. The van der Waals surface area contributed by atoms with Crippen molar-refractivity contribution >= 4 is 5.97 Å². The normalized spacial score (nSPS) is 10.7. The first kappa shape index (κ1) is 15.1. The van der Waals surface area contributed by atoms with E-state index < -0.39 is 5.97 Å². The van der Waals surface area contributed by atoms with Gasteiger partial charge in [0.15, 0.2) is 0 Å². The van der Waals surface area contributed by atoms with Crippen molar-refractivity contribution in [2.45, 2.75) is 20.4 Å². The Kier molecular flexibility index (Phi) is 4.02. The Bertz CT molecular complexity index is 830. The predicted octanol–water partition coefficient (Wildman–Crippen LogP) is 4.52. The third kappa shape index (κ3) is 3.04. The molecular formula is C20H19NO2. The van der Waals surface area contributed by atoms with Gasteiger partial charge < -0.3 is 9.67 Å². The quantitative estimate of drug-likeness (QED) is 0.770. The zero-order chi connectivity index (χ0) is 16.4. The van der Waals surface area contributed by atoms with Crippen LogP contribution in [0.4, 0.5) is 0 Å². The van der Waals surface area contributed by atoms with Crippen molar-refractivity contribution in [3.63, 3.8) is 0 Å². The van der Waals surface area contributed by atoms with E-state index in [4.69, 9.17) is 0 Å². The maximum absolute atomic E-state index is 11.2. The molecule has 3 rings (SSSR count). The van der Waals surface area contributed by atoms with Gasteiger partial charge in [-0.2, -0.15) is 0 Å². The average molecular weight is 305 g/mol. The second-order valence-corrected chi connectivity index (χ2v) is 5.74. The minimum atomic E-state index is -0.872. The molecule has 116 valence electrons. The smallest absolute Gasteiger partial charge is 0.337 e. The summed E-state index contributed by atoms with van der Waals surface area (Å²) in [6.07, 6.45) is 0. The Hall–Kier alpha value is -2.81. The van der Waals surface area contributed by atoms with Crippen molar-refractivity contribution in [2.75, 3.05) is 0 Å². The van der Waals surface area contributed by atoms with Crippen LogP contribution < -0.4 is 0 Å². The number of carboxylic acids is 1. The van der Waals surface area contributed by atoms with Gasteiger partial charge in [-0.25, -0.2) is 4.79 Å². The van der Waals surface area contributed by atoms with E-state index in [1.54, 1.807) is 6.07 Å². The summed E-state index contributed by atoms with van der Waals surface area (Å²) in [7, 11) is 0. The Morgan fingerprint density at radius 3 is 2.13 bits per heavy atom. The fraction of sp³-hybridized carbons (Fsp3) is 0.150. The van der Waals surface area contributed by atoms with Gasteiger partial charge in [0.05, 0.1) is 5.56 Å². The van der Waals surface area contributed by atoms with Crippen LogP contribution in [0.5, 0.6) is 0 Å². The Morgan fingerprint density at radius 2 is 1.57 bits per heavy atom. The van der Waals surface area contributed by atoms with Crippen molar-refractivity contribution in [3.8, 4) is 11.1 Å². The maximum Gasteiger partial charge on any atom is 0.337 e. The molecule has 0 atom stereocenters. The molecule has 0 aliphatic carbocycles. The topological polar surface area (TPSA) is 42.2 Å². The number of hydrogen-bond acceptors (Lipinski definition) is 1. The van der Waals surface area contributed by atoms with E-state index in [0.29, 0.717) is 12.1 Å². The molecule has 1 N–H and O–H groups in total. The fourth-order valence-electron chi connectivity index (χ4n) is 2.88. The lowest BCUT2D eigenvalue weighted by atomic mass is 10.0. The van der Waals surface area contributed by atoms with Gasteiger partial charge in [0.1, 0.15) is 0 Å². The number of rotatable bonds is 4. The van der Waals surface area contributed by atoms with Crippen molar-refractivity contribution in [3.05, 3.63) is 83.2 Å². The van der Waals surface area contributed by atoms with Crippen molar-refractivity contribution in [1.82, 2.24) is 4.57 Å². The lowest BCUT2D eigenvalue weighted by Crippen LogP contribution is -2.05. The van der Waals surface area contributed by atoms with E-state index in [2.05, 4.69) is 36.4 Å². The molecule has 0 spiro atoms. The van der Waals surface area contributed by atoms with Crippen LogP contribution in [0.1, 0.15) is 27.3 Å². The zero-order valence-corrected chi connectivity index (χ0v) is 13.3. The molecule has 0 saturated carbocycles. The number of benzene rings is 2. The number of nitrogens with zero attached hydrogens (tertiary/aromatic N) is 1. The predicted molar refractivity (Wildman–Crippen MR) is 91.8 cm³/mol. The highest BCUT2D eigenvalue weighted by atomic mass is 16.4. The number of carboxylic acid groups (broad SMARTS) is 1. The van der Waals surface area contributed by atoms with Gasteiger partial charge in [-0.15, -0.1) is 0 Å². The van der Waals surface area contributed by atoms with E-state index in [-0.39, 0.29) is 0 Å². The number of hydrogen-bond donors (Lipinski definition) is 1. The van der Waals surface area contributed by atoms with Crippen LogP contribution in [-0.2, 0) is 6.54 Å². The van der Waals surface area contributed by atoms with Crippen LogP contribution in [0.15, 0.2) is 60.7 Å². The largest absolute Gasteiger partial charge is 0.478 e. The molecule has 2 aromatic carbocycles. The number of aryl methyl sites for hydroxylation is 1. The molecule has 3 nitrogen and oxygen atoms in total. The molecule has 23 heavy (non-hydrogen) atoms. The van der Waals surface area contributed by atoms with Gasteiger partial charge in [-0.3, -0.25) is 0 Å². The molecule has 0 amide bonds. The molecule has 0 aliphatic rings. The van der Waals surface area contributed by atoms with E-state index in [0.717, 1.165) is 17.0 Å².